The van der Waals surface area contributed by atoms with Crippen LogP contribution in [0.4, 0.5) is 19.0 Å². The smallest absolute Gasteiger partial charge is 0.369 e. The van der Waals surface area contributed by atoms with E-state index in [9.17, 15) is 13.2 Å². The maximum Gasteiger partial charge on any atom is 0.418 e. The number of nitrogens with zero attached hydrogens (tertiary/aromatic N) is 2. The van der Waals surface area contributed by atoms with Crippen molar-refractivity contribution in [3.63, 3.8) is 0 Å². The van der Waals surface area contributed by atoms with E-state index in [1.807, 2.05) is 0 Å². The number of alkyl halides is 3. The van der Waals surface area contributed by atoms with Gasteiger partial charge in [-0.2, -0.15) is 18.3 Å². The summed E-state index contributed by atoms with van der Waals surface area (Å²) in [5, 5.41) is 7.80. The highest BCUT2D eigenvalue weighted by molar-refractivity contribution is 6.30. The molecule has 3 nitrogen and oxygen atoms in total. The predicted octanol–water partition coefficient (Wildman–Crippen LogP) is 5.42. The first-order valence-electron chi connectivity index (χ1n) is 8.09. The molecule has 0 atom stereocenters. The summed E-state index contributed by atoms with van der Waals surface area (Å²) in [6, 6.07) is 3.80. The van der Waals surface area contributed by atoms with E-state index >= 15 is 0 Å². The van der Waals surface area contributed by atoms with Crippen molar-refractivity contribution in [3.05, 3.63) is 40.0 Å². The van der Waals surface area contributed by atoms with Crippen LogP contribution in [0, 0.1) is 0 Å². The lowest BCUT2D eigenvalue weighted by molar-refractivity contribution is -0.137. The highest BCUT2D eigenvalue weighted by atomic mass is 35.5. The molecule has 0 amide bonds. The van der Waals surface area contributed by atoms with Gasteiger partial charge in [-0.1, -0.05) is 25.4 Å². The minimum atomic E-state index is -4.49. The Balaban J connectivity index is 2.20. The van der Waals surface area contributed by atoms with Gasteiger partial charge in [0.2, 0.25) is 0 Å². The van der Waals surface area contributed by atoms with Gasteiger partial charge in [-0.25, -0.2) is 4.68 Å². The van der Waals surface area contributed by atoms with Crippen molar-refractivity contribution < 1.29 is 13.2 Å². The summed E-state index contributed by atoms with van der Waals surface area (Å²) in [5.41, 5.74) is 1.18. The summed E-state index contributed by atoms with van der Waals surface area (Å²) in [6.45, 7) is 4.87. The average molecular weight is 358 g/mol. The van der Waals surface area contributed by atoms with Crippen LogP contribution in [-0.4, -0.2) is 16.3 Å². The Morgan fingerprint density at radius 3 is 2.62 bits per heavy atom. The molecule has 0 bridgehead atoms. The molecular weight excluding hydrogens is 339 g/mol. The third-order valence-corrected chi connectivity index (χ3v) is 4.78. The Hall–Kier alpha value is -1.69. The van der Waals surface area contributed by atoms with Crippen molar-refractivity contribution >= 4 is 17.4 Å². The second-order valence-corrected chi connectivity index (χ2v) is 6.41. The molecule has 3 rings (SSSR count). The van der Waals surface area contributed by atoms with E-state index < -0.39 is 11.7 Å². The maximum absolute atomic E-state index is 13.4. The Bertz CT molecular complexity index is 748. The second kappa shape index (κ2) is 6.31. The number of anilines is 1. The molecule has 1 aromatic carbocycles. The van der Waals surface area contributed by atoms with Crippen LogP contribution in [0.15, 0.2) is 18.2 Å². The number of fused-ring (bicyclic) bond motifs is 1. The van der Waals surface area contributed by atoms with Crippen LogP contribution in [0.2, 0.25) is 5.02 Å². The quantitative estimate of drug-likeness (QED) is 0.792. The molecule has 0 spiro atoms. The first kappa shape index (κ1) is 17.1. The van der Waals surface area contributed by atoms with Crippen molar-refractivity contribution in [3.8, 4) is 5.69 Å². The number of aromatic nitrogens is 2. The van der Waals surface area contributed by atoms with E-state index in [4.69, 9.17) is 11.6 Å². The molecule has 1 aliphatic rings. The van der Waals surface area contributed by atoms with Gasteiger partial charge in [0.15, 0.2) is 0 Å². The van der Waals surface area contributed by atoms with E-state index in [1.165, 1.54) is 16.8 Å². The minimum absolute atomic E-state index is 0.00903. The van der Waals surface area contributed by atoms with E-state index in [1.54, 1.807) is 0 Å². The third-order valence-electron chi connectivity index (χ3n) is 4.55. The average Bonchev–Trinajstić information content (AvgIpc) is 3.11. The summed E-state index contributed by atoms with van der Waals surface area (Å²) in [7, 11) is 0. The molecule has 24 heavy (non-hydrogen) atoms. The van der Waals surface area contributed by atoms with Gasteiger partial charge in [0, 0.05) is 23.0 Å². The summed E-state index contributed by atoms with van der Waals surface area (Å²) in [4.78, 5) is 0. The fourth-order valence-corrected chi connectivity index (χ4v) is 3.47. The lowest BCUT2D eigenvalue weighted by Gasteiger charge is -2.15. The zero-order chi connectivity index (χ0) is 17.5. The summed E-state index contributed by atoms with van der Waals surface area (Å²) in [5.74, 6) is 0.922. The van der Waals surface area contributed by atoms with Gasteiger partial charge >= 0.3 is 6.18 Å². The maximum atomic E-state index is 13.4. The third kappa shape index (κ3) is 2.88. The Kier molecular flexibility index (Phi) is 4.51. The molecule has 1 N–H and O–H groups in total. The Labute approximate surface area is 143 Å². The topological polar surface area (TPSA) is 29.9 Å². The van der Waals surface area contributed by atoms with Crippen LogP contribution in [0.5, 0.6) is 0 Å². The molecule has 0 saturated carbocycles. The van der Waals surface area contributed by atoms with Gasteiger partial charge in [-0.05, 0) is 37.5 Å². The van der Waals surface area contributed by atoms with Crippen LogP contribution < -0.4 is 5.32 Å². The molecule has 1 aliphatic heterocycles. The number of halogens is 4. The van der Waals surface area contributed by atoms with E-state index in [0.29, 0.717) is 5.82 Å². The van der Waals surface area contributed by atoms with E-state index in [0.717, 1.165) is 43.1 Å². The molecule has 130 valence electrons. The van der Waals surface area contributed by atoms with Crippen molar-refractivity contribution in [1.82, 2.24) is 9.78 Å². The molecular formula is C17H19ClF3N3. The molecule has 0 saturated heterocycles. The zero-order valence-corrected chi connectivity index (χ0v) is 14.3. The van der Waals surface area contributed by atoms with Crippen LogP contribution in [0.25, 0.3) is 5.69 Å². The first-order chi connectivity index (χ1) is 11.4. The van der Waals surface area contributed by atoms with Crippen LogP contribution >= 0.6 is 11.6 Å². The summed E-state index contributed by atoms with van der Waals surface area (Å²) >= 11 is 5.78. The van der Waals surface area contributed by atoms with E-state index in [-0.39, 0.29) is 16.6 Å². The standard InChI is InChI=1S/C17H19ClF3N3/c1-3-10(4-2)15-12-7-8-22-16(12)24(23-15)14-6-5-11(18)9-13(14)17(19,20)21/h5-6,9-10,22H,3-4,7-8H2,1-2H3. The number of hydrogen-bond acceptors (Lipinski definition) is 2. The Morgan fingerprint density at radius 2 is 2.00 bits per heavy atom. The summed E-state index contributed by atoms with van der Waals surface area (Å²) < 4.78 is 41.7. The predicted molar refractivity (Wildman–Crippen MR) is 89.1 cm³/mol. The SMILES string of the molecule is CCC(CC)c1nn(-c2ccc(Cl)cc2C(F)(F)F)c2c1CCN2. The molecule has 0 unspecified atom stereocenters. The minimum Gasteiger partial charge on any atom is -0.369 e. The Morgan fingerprint density at radius 1 is 1.29 bits per heavy atom. The first-order valence-corrected chi connectivity index (χ1v) is 8.47. The van der Waals surface area contributed by atoms with Gasteiger partial charge in [-0.3, -0.25) is 0 Å². The van der Waals surface area contributed by atoms with Crippen molar-refractivity contribution in [1.29, 1.82) is 0 Å². The number of rotatable bonds is 4. The van der Waals surface area contributed by atoms with Gasteiger partial charge in [0.25, 0.3) is 0 Å². The molecule has 0 aliphatic carbocycles. The molecule has 0 radical (unpaired) electrons. The van der Waals surface area contributed by atoms with Gasteiger partial charge in [0.05, 0.1) is 16.9 Å². The van der Waals surface area contributed by atoms with Gasteiger partial charge in [0.1, 0.15) is 5.82 Å². The lowest BCUT2D eigenvalue weighted by Crippen LogP contribution is -2.13. The lowest BCUT2D eigenvalue weighted by atomic mass is 9.96. The van der Waals surface area contributed by atoms with Crippen LogP contribution in [0.1, 0.15) is 49.4 Å². The van der Waals surface area contributed by atoms with Crippen LogP contribution in [-0.2, 0) is 12.6 Å². The molecule has 2 aromatic rings. The summed E-state index contributed by atoms with van der Waals surface area (Å²) in [6.07, 6.45) is -1.89. The number of benzene rings is 1. The van der Waals surface area contributed by atoms with Crippen LogP contribution in [0.3, 0.4) is 0 Å². The van der Waals surface area contributed by atoms with Crippen molar-refractivity contribution in [2.75, 3.05) is 11.9 Å². The fraction of sp³-hybridized carbons (Fsp3) is 0.471. The highest BCUT2D eigenvalue weighted by Crippen LogP contribution is 2.40. The monoisotopic (exact) mass is 357 g/mol. The largest absolute Gasteiger partial charge is 0.418 e. The van der Waals surface area contributed by atoms with Crippen molar-refractivity contribution in [2.45, 2.75) is 45.2 Å². The molecule has 7 heteroatoms. The zero-order valence-electron chi connectivity index (χ0n) is 13.5. The number of nitrogens with one attached hydrogen (secondary N) is 1. The van der Waals surface area contributed by atoms with E-state index in [2.05, 4.69) is 24.3 Å². The molecule has 0 fully saturated rings. The highest BCUT2D eigenvalue weighted by Gasteiger charge is 2.36. The van der Waals surface area contributed by atoms with Gasteiger partial charge < -0.3 is 5.32 Å². The van der Waals surface area contributed by atoms with Crippen molar-refractivity contribution in [2.24, 2.45) is 0 Å². The molecule has 1 aromatic heterocycles. The fourth-order valence-electron chi connectivity index (χ4n) is 3.30. The normalized spacial score (nSPS) is 14.1. The number of hydrogen-bond donors (Lipinski definition) is 1. The molecule has 2 heterocycles. The second-order valence-electron chi connectivity index (χ2n) is 5.97. The van der Waals surface area contributed by atoms with Gasteiger partial charge in [-0.15, -0.1) is 0 Å².